The monoisotopic (exact) mass is 397 g/mol. The predicted molar refractivity (Wildman–Crippen MR) is 112 cm³/mol. The van der Waals surface area contributed by atoms with Gasteiger partial charge in [0, 0.05) is 23.6 Å². The second-order valence-corrected chi connectivity index (χ2v) is 8.66. The summed E-state index contributed by atoms with van der Waals surface area (Å²) in [7, 11) is 0. The van der Waals surface area contributed by atoms with Gasteiger partial charge in [0.2, 0.25) is 5.82 Å². The molecule has 148 valence electrons. The third-order valence-electron chi connectivity index (χ3n) is 5.88. The first-order valence-electron chi connectivity index (χ1n) is 10.2. The minimum absolute atomic E-state index is 0.147. The molecule has 3 aromatic heterocycles. The minimum Gasteiger partial charge on any atom is -0.384 e. The van der Waals surface area contributed by atoms with Crippen molar-refractivity contribution in [2.24, 2.45) is 11.8 Å². The van der Waals surface area contributed by atoms with Crippen LogP contribution in [0.1, 0.15) is 68.6 Å². The molecular formula is C21H27N5OS. The number of anilines is 1. The fourth-order valence-electron chi connectivity index (χ4n) is 4.47. The number of rotatable bonds is 7. The molecule has 1 aliphatic rings. The second kappa shape index (κ2) is 8.39. The summed E-state index contributed by atoms with van der Waals surface area (Å²) in [4.78, 5) is 21.6. The molecule has 3 aromatic rings. The van der Waals surface area contributed by atoms with E-state index in [0.29, 0.717) is 35.2 Å². The lowest BCUT2D eigenvalue weighted by Gasteiger charge is -2.31. The minimum atomic E-state index is 0.147. The zero-order valence-electron chi connectivity index (χ0n) is 16.3. The number of nitrogens with two attached hydrogens (primary N) is 1. The van der Waals surface area contributed by atoms with Crippen LogP contribution in [-0.4, -0.2) is 25.4 Å². The number of carbonyl (C=O) groups is 1. The van der Waals surface area contributed by atoms with Gasteiger partial charge in [-0.3, -0.25) is 4.79 Å². The highest BCUT2D eigenvalue weighted by molar-refractivity contribution is 7.13. The molecule has 28 heavy (non-hydrogen) atoms. The van der Waals surface area contributed by atoms with E-state index in [2.05, 4.69) is 22.0 Å². The molecule has 0 aliphatic heterocycles. The van der Waals surface area contributed by atoms with Gasteiger partial charge in [0.25, 0.3) is 0 Å². The quantitative estimate of drug-likeness (QED) is 0.567. The maximum absolute atomic E-state index is 12.9. The van der Waals surface area contributed by atoms with E-state index in [1.807, 2.05) is 5.38 Å². The molecule has 2 atom stereocenters. The Morgan fingerprint density at radius 1 is 1.25 bits per heavy atom. The van der Waals surface area contributed by atoms with Crippen LogP contribution >= 0.6 is 11.3 Å². The zero-order valence-corrected chi connectivity index (χ0v) is 17.1. The van der Waals surface area contributed by atoms with Crippen LogP contribution in [0.25, 0.3) is 16.5 Å². The molecule has 0 radical (unpaired) electrons. The number of fused-ring (bicyclic) bond motifs is 1. The third-order valence-corrected chi connectivity index (χ3v) is 6.65. The molecule has 4 rings (SSSR count). The number of nitrogens with zero attached hydrogens (tertiary/aromatic N) is 4. The van der Waals surface area contributed by atoms with E-state index in [-0.39, 0.29) is 5.78 Å². The highest BCUT2D eigenvalue weighted by atomic mass is 32.1. The lowest BCUT2D eigenvalue weighted by atomic mass is 9.74. The van der Waals surface area contributed by atoms with E-state index >= 15 is 0 Å². The van der Waals surface area contributed by atoms with Crippen molar-refractivity contribution < 1.29 is 4.79 Å². The Morgan fingerprint density at radius 3 is 2.75 bits per heavy atom. The van der Waals surface area contributed by atoms with Crippen LogP contribution in [0.15, 0.2) is 23.7 Å². The van der Waals surface area contributed by atoms with Crippen molar-refractivity contribution in [1.29, 1.82) is 0 Å². The van der Waals surface area contributed by atoms with Gasteiger partial charge >= 0.3 is 0 Å². The van der Waals surface area contributed by atoms with Gasteiger partial charge in [-0.05, 0) is 30.4 Å². The highest BCUT2D eigenvalue weighted by Crippen LogP contribution is 2.36. The van der Waals surface area contributed by atoms with E-state index < -0.39 is 0 Å². The Kier molecular flexibility index (Phi) is 5.71. The van der Waals surface area contributed by atoms with Crippen molar-refractivity contribution in [1.82, 2.24) is 19.6 Å². The largest absolute Gasteiger partial charge is 0.384 e. The maximum Gasteiger partial charge on any atom is 0.211 e. The Morgan fingerprint density at radius 2 is 2.04 bits per heavy atom. The Labute approximate surface area is 169 Å². The highest BCUT2D eigenvalue weighted by Gasteiger charge is 2.25. The molecular weight excluding hydrogens is 370 g/mol. The summed E-state index contributed by atoms with van der Waals surface area (Å²) in [5.41, 5.74) is 7.38. The third kappa shape index (κ3) is 3.94. The first-order chi connectivity index (χ1) is 13.7. The van der Waals surface area contributed by atoms with Crippen molar-refractivity contribution in [3.8, 4) is 10.8 Å². The van der Waals surface area contributed by atoms with Crippen LogP contribution in [0.3, 0.4) is 0 Å². The van der Waals surface area contributed by atoms with Gasteiger partial charge in [0.15, 0.2) is 16.4 Å². The summed E-state index contributed by atoms with van der Waals surface area (Å²) in [5, 5.41) is 7.05. The Hall–Kier alpha value is -2.28. The zero-order chi connectivity index (χ0) is 19.5. The molecule has 0 saturated heterocycles. The van der Waals surface area contributed by atoms with Crippen LogP contribution in [0.5, 0.6) is 0 Å². The Balaban J connectivity index is 1.49. The van der Waals surface area contributed by atoms with Crippen LogP contribution in [0, 0.1) is 11.8 Å². The lowest BCUT2D eigenvalue weighted by molar-refractivity contribution is 0.0959. The number of pyridine rings is 1. The summed E-state index contributed by atoms with van der Waals surface area (Å²) in [6.45, 7) is 2.26. The van der Waals surface area contributed by atoms with Gasteiger partial charge in [0.05, 0.1) is 0 Å². The fourth-order valence-corrected chi connectivity index (χ4v) is 5.03. The van der Waals surface area contributed by atoms with Crippen LogP contribution in [-0.2, 0) is 0 Å². The van der Waals surface area contributed by atoms with Crippen molar-refractivity contribution >= 4 is 28.6 Å². The van der Waals surface area contributed by atoms with Gasteiger partial charge in [-0.25, -0.2) is 9.97 Å². The lowest BCUT2D eigenvalue weighted by Crippen LogP contribution is -2.20. The number of Topliss-reactive ketones (excluding diaryl/α,β-unsaturated/α-hetero) is 1. The first kappa shape index (κ1) is 19.1. The summed E-state index contributed by atoms with van der Waals surface area (Å²) >= 11 is 1.48. The van der Waals surface area contributed by atoms with Gasteiger partial charge in [-0.2, -0.15) is 4.52 Å². The molecule has 3 heterocycles. The number of carbonyl (C=O) groups excluding carboxylic acids is 1. The fraction of sp³-hybridized carbons (Fsp3) is 0.524. The van der Waals surface area contributed by atoms with Gasteiger partial charge < -0.3 is 5.73 Å². The van der Waals surface area contributed by atoms with Crippen LogP contribution < -0.4 is 5.73 Å². The van der Waals surface area contributed by atoms with Gasteiger partial charge in [-0.1, -0.05) is 45.4 Å². The number of hydrogen-bond acceptors (Lipinski definition) is 6. The SMILES string of the molecule is CCCC1CCCCC1CCC(=O)c1cc(N)n2nc(-c3nccs3)nc2c1. The van der Waals surface area contributed by atoms with E-state index in [9.17, 15) is 4.79 Å². The predicted octanol–water partition coefficient (Wildman–Crippen LogP) is 5.00. The van der Waals surface area contributed by atoms with E-state index in [1.54, 1.807) is 22.8 Å². The van der Waals surface area contributed by atoms with Crippen LogP contribution in [0.2, 0.25) is 0 Å². The summed E-state index contributed by atoms with van der Waals surface area (Å²) in [5.74, 6) is 2.59. The average Bonchev–Trinajstić information content (AvgIpc) is 3.37. The smallest absolute Gasteiger partial charge is 0.211 e. The number of aromatic nitrogens is 4. The van der Waals surface area contributed by atoms with Gasteiger partial charge in [-0.15, -0.1) is 16.4 Å². The van der Waals surface area contributed by atoms with Crippen molar-refractivity contribution in [3.63, 3.8) is 0 Å². The number of thiazole rings is 1. The Bertz CT molecular complexity index is 947. The molecule has 0 amide bonds. The topological polar surface area (TPSA) is 86.2 Å². The molecule has 1 fully saturated rings. The van der Waals surface area contributed by atoms with Crippen LogP contribution in [0.4, 0.5) is 5.82 Å². The standard InChI is InChI=1S/C21H27N5OS/c1-2-5-14-6-3-4-7-15(14)8-9-17(27)16-12-18(22)26-19(13-16)24-20(25-26)21-23-10-11-28-21/h10-15H,2-9,22H2,1H3. The number of hydrogen-bond donors (Lipinski definition) is 1. The van der Waals surface area contributed by atoms with Crippen molar-refractivity contribution in [3.05, 3.63) is 29.3 Å². The van der Waals surface area contributed by atoms with E-state index in [4.69, 9.17) is 5.73 Å². The molecule has 2 N–H and O–H groups in total. The molecule has 6 nitrogen and oxygen atoms in total. The summed E-state index contributed by atoms with van der Waals surface area (Å²) in [6.07, 6.45) is 11.0. The molecule has 1 aliphatic carbocycles. The van der Waals surface area contributed by atoms with E-state index in [0.717, 1.165) is 17.3 Å². The second-order valence-electron chi connectivity index (χ2n) is 7.77. The van der Waals surface area contributed by atoms with E-state index in [1.165, 1.54) is 49.9 Å². The number of ketones is 1. The summed E-state index contributed by atoms with van der Waals surface area (Å²) < 4.78 is 1.58. The maximum atomic E-state index is 12.9. The number of nitrogen functional groups attached to an aromatic ring is 1. The molecule has 0 spiro atoms. The van der Waals surface area contributed by atoms with Gasteiger partial charge in [0.1, 0.15) is 5.82 Å². The summed E-state index contributed by atoms with van der Waals surface area (Å²) in [6, 6.07) is 3.52. The average molecular weight is 398 g/mol. The molecule has 0 bridgehead atoms. The molecule has 7 heteroatoms. The normalized spacial score (nSPS) is 19.9. The molecule has 0 aromatic carbocycles. The van der Waals surface area contributed by atoms with Crippen molar-refractivity contribution in [2.45, 2.75) is 58.3 Å². The molecule has 1 saturated carbocycles. The molecule has 2 unspecified atom stereocenters. The van der Waals surface area contributed by atoms with Crippen molar-refractivity contribution in [2.75, 3.05) is 5.73 Å². The first-order valence-corrected chi connectivity index (χ1v) is 11.1.